The van der Waals surface area contributed by atoms with E-state index < -0.39 is 11.7 Å². The number of halogens is 1. The van der Waals surface area contributed by atoms with Crippen LogP contribution in [0, 0.1) is 12.4 Å². The molecule has 5 nitrogen and oxygen atoms in total. The molecule has 4 rings (SSSR count). The van der Waals surface area contributed by atoms with Gasteiger partial charge in [-0.3, -0.25) is 14.6 Å². The van der Waals surface area contributed by atoms with Gasteiger partial charge in [0.15, 0.2) is 5.69 Å². The third kappa shape index (κ3) is 4.06. The van der Waals surface area contributed by atoms with Crippen LogP contribution in [0.4, 0.5) is 10.1 Å². The number of benzene rings is 2. The summed E-state index contributed by atoms with van der Waals surface area (Å²) in [6, 6.07) is 13.2. The van der Waals surface area contributed by atoms with E-state index in [0.29, 0.717) is 31.6 Å². The summed E-state index contributed by atoms with van der Waals surface area (Å²) in [4.78, 5) is 34.3. The fourth-order valence-electron chi connectivity index (χ4n) is 4.01. The molecule has 0 atom stereocenters. The molecule has 0 spiro atoms. The number of carbonyl (C=O) groups excluding carboxylic acids is 2. The first-order chi connectivity index (χ1) is 14.5. The molecule has 1 saturated heterocycles. The van der Waals surface area contributed by atoms with Gasteiger partial charge in [0.25, 0.3) is 5.91 Å². The van der Waals surface area contributed by atoms with Gasteiger partial charge in [-0.05, 0) is 54.2 Å². The van der Waals surface area contributed by atoms with E-state index in [1.807, 2.05) is 6.07 Å². The highest BCUT2D eigenvalue weighted by molar-refractivity contribution is 6.36. The summed E-state index contributed by atoms with van der Waals surface area (Å²) >= 11 is 0. The minimum absolute atomic E-state index is 0.0330. The molecule has 2 heterocycles. The first-order valence-electron chi connectivity index (χ1n) is 9.88. The zero-order valence-electron chi connectivity index (χ0n) is 16.3. The zero-order chi connectivity index (χ0) is 21.1. The Balaban J connectivity index is 1.40. The number of hydrogen-bond donors (Lipinski definition) is 0. The number of piperidine rings is 1. The van der Waals surface area contributed by atoms with Crippen LogP contribution in [-0.2, 0) is 16.0 Å². The maximum Gasteiger partial charge on any atom is 0.290 e. The van der Waals surface area contributed by atoms with Crippen molar-refractivity contribution in [2.24, 2.45) is 0 Å². The Morgan fingerprint density at radius 2 is 1.83 bits per heavy atom. The Kier molecular flexibility index (Phi) is 5.53. The fraction of sp³-hybridized carbons (Fsp3) is 0.250. The molecule has 1 fully saturated rings. The molecule has 0 saturated carbocycles. The first kappa shape index (κ1) is 19.7. The SMILES string of the molecule is [C-]#[N+]c1ccc(CC(=O)C(=O)N2CCC(c3ccnc4ccc(F)cc34)CC2)cc1. The standard InChI is InChI=1S/C24H20FN3O2/c1-26-19-5-2-16(3-6-19)14-23(29)24(30)28-12-9-17(10-13-28)20-8-11-27-22-7-4-18(25)15-21(20)22/h2-8,11,15,17H,9-10,12-14H2. The number of nitrogens with zero attached hydrogens (tertiary/aromatic N) is 3. The van der Waals surface area contributed by atoms with Crippen LogP contribution < -0.4 is 0 Å². The Hall–Kier alpha value is -3.59. The van der Waals surface area contributed by atoms with Crippen LogP contribution in [0.5, 0.6) is 0 Å². The highest BCUT2D eigenvalue weighted by atomic mass is 19.1. The summed E-state index contributed by atoms with van der Waals surface area (Å²) in [6.07, 6.45) is 3.20. The average Bonchev–Trinajstić information content (AvgIpc) is 2.78. The molecule has 6 heteroatoms. The number of amides is 1. The van der Waals surface area contributed by atoms with Gasteiger partial charge in [0.1, 0.15) is 5.82 Å². The van der Waals surface area contributed by atoms with Gasteiger partial charge in [0.05, 0.1) is 12.1 Å². The Morgan fingerprint density at radius 1 is 1.10 bits per heavy atom. The van der Waals surface area contributed by atoms with Crippen LogP contribution in [0.2, 0.25) is 0 Å². The number of likely N-dealkylation sites (tertiary alicyclic amines) is 1. The summed E-state index contributed by atoms with van der Waals surface area (Å²) < 4.78 is 13.7. The van der Waals surface area contributed by atoms with E-state index in [2.05, 4.69) is 9.83 Å². The van der Waals surface area contributed by atoms with E-state index in [-0.39, 0.29) is 18.2 Å². The number of pyridine rings is 1. The minimum Gasteiger partial charge on any atom is -0.336 e. The van der Waals surface area contributed by atoms with Gasteiger partial charge in [-0.1, -0.05) is 24.3 Å². The maximum atomic E-state index is 13.7. The van der Waals surface area contributed by atoms with Crippen molar-refractivity contribution in [1.82, 2.24) is 9.88 Å². The van der Waals surface area contributed by atoms with Gasteiger partial charge in [-0.15, -0.1) is 0 Å². The number of aromatic nitrogens is 1. The van der Waals surface area contributed by atoms with Gasteiger partial charge >= 0.3 is 0 Å². The summed E-state index contributed by atoms with van der Waals surface area (Å²) in [7, 11) is 0. The highest BCUT2D eigenvalue weighted by Gasteiger charge is 2.28. The quantitative estimate of drug-likeness (QED) is 0.480. The van der Waals surface area contributed by atoms with Crippen molar-refractivity contribution in [2.75, 3.05) is 13.1 Å². The second-order valence-corrected chi connectivity index (χ2v) is 7.51. The van der Waals surface area contributed by atoms with Crippen LogP contribution in [0.15, 0.2) is 54.7 Å². The van der Waals surface area contributed by atoms with Crippen molar-refractivity contribution in [1.29, 1.82) is 0 Å². The van der Waals surface area contributed by atoms with Crippen LogP contribution >= 0.6 is 0 Å². The molecule has 1 aliphatic heterocycles. The lowest BCUT2D eigenvalue weighted by Gasteiger charge is -2.32. The zero-order valence-corrected chi connectivity index (χ0v) is 16.3. The number of rotatable bonds is 4. The predicted octanol–water partition coefficient (Wildman–Crippen LogP) is 4.44. The van der Waals surface area contributed by atoms with Gasteiger partial charge in [0.2, 0.25) is 5.78 Å². The van der Waals surface area contributed by atoms with Crippen LogP contribution in [0.1, 0.15) is 29.9 Å². The molecule has 1 amide bonds. The largest absolute Gasteiger partial charge is 0.336 e. The number of carbonyl (C=O) groups is 2. The van der Waals surface area contributed by atoms with E-state index in [1.165, 1.54) is 12.1 Å². The average molecular weight is 401 g/mol. The van der Waals surface area contributed by atoms with E-state index >= 15 is 0 Å². The Morgan fingerprint density at radius 3 is 2.53 bits per heavy atom. The summed E-state index contributed by atoms with van der Waals surface area (Å²) in [5.41, 5.74) is 3.02. The lowest BCUT2D eigenvalue weighted by atomic mass is 9.87. The number of Topliss-reactive ketones (excluding diaryl/α,β-unsaturated/α-hetero) is 1. The second-order valence-electron chi connectivity index (χ2n) is 7.51. The number of fused-ring (bicyclic) bond motifs is 1. The van der Waals surface area contributed by atoms with E-state index in [9.17, 15) is 14.0 Å². The third-order valence-corrected chi connectivity index (χ3v) is 5.63. The Bertz CT molecular complexity index is 1140. The van der Waals surface area contributed by atoms with Crippen molar-refractivity contribution in [2.45, 2.75) is 25.2 Å². The topological polar surface area (TPSA) is 54.6 Å². The molecule has 3 aromatic rings. The Labute approximate surface area is 174 Å². The van der Waals surface area contributed by atoms with E-state index in [0.717, 1.165) is 22.0 Å². The van der Waals surface area contributed by atoms with Crippen LogP contribution in [0.3, 0.4) is 0 Å². The second kappa shape index (κ2) is 8.42. The van der Waals surface area contributed by atoms with E-state index in [1.54, 1.807) is 41.4 Å². The van der Waals surface area contributed by atoms with Crippen molar-refractivity contribution in [3.63, 3.8) is 0 Å². The van der Waals surface area contributed by atoms with Gasteiger partial charge in [-0.25, -0.2) is 9.24 Å². The predicted molar refractivity (Wildman–Crippen MR) is 112 cm³/mol. The monoisotopic (exact) mass is 401 g/mol. The van der Waals surface area contributed by atoms with Crippen molar-refractivity contribution >= 4 is 28.3 Å². The van der Waals surface area contributed by atoms with Gasteiger partial charge in [0, 0.05) is 31.1 Å². The van der Waals surface area contributed by atoms with Crippen molar-refractivity contribution < 1.29 is 14.0 Å². The summed E-state index contributed by atoms with van der Waals surface area (Å²) in [6.45, 7) is 7.95. The molecule has 0 radical (unpaired) electrons. The summed E-state index contributed by atoms with van der Waals surface area (Å²) in [5.74, 6) is -1.01. The molecule has 1 aromatic heterocycles. The lowest BCUT2D eigenvalue weighted by Crippen LogP contribution is -2.42. The molecule has 30 heavy (non-hydrogen) atoms. The molecular formula is C24H20FN3O2. The molecule has 0 unspecified atom stereocenters. The molecule has 0 aliphatic carbocycles. The van der Waals surface area contributed by atoms with Gasteiger partial charge in [-0.2, -0.15) is 0 Å². The third-order valence-electron chi connectivity index (χ3n) is 5.63. The minimum atomic E-state index is -0.465. The summed E-state index contributed by atoms with van der Waals surface area (Å²) in [5, 5.41) is 0.807. The molecular weight excluding hydrogens is 381 g/mol. The lowest BCUT2D eigenvalue weighted by molar-refractivity contribution is -0.145. The number of hydrogen-bond acceptors (Lipinski definition) is 3. The smallest absolute Gasteiger partial charge is 0.290 e. The fourth-order valence-corrected chi connectivity index (χ4v) is 4.01. The molecule has 150 valence electrons. The van der Waals surface area contributed by atoms with Crippen molar-refractivity contribution in [3.05, 3.63) is 83.1 Å². The van der Waals surface area contributed by atoms with Crippen LogP contribution in [0.25, 0.3) is 15.7 Å². The maximum absolute atomic E-state index is 13.7. The normalized spacial score (nSPS) is 14.5. The highest BCUT2D eigenvalue weighted by Crippen LogP contribution is 2.32. The van der Waals surface area contributed by atoms with E-state index in [4.69, 9.17) is 6.57 Å². The molecule has 0 N–H and O–H groups in total. The van der Waals surface area contributed by atoms with Crippen molar-refractivity contribution in [3.8, 4) is 0 Å². The molecule has 0 bridgehead atoms. The number of ketones is 1. The van der Waals surface area contributed by atoms with Gasteiger partial charge < -0.3 is 4.90 Å². The van der Waals surface area contributed by atoms with Crippen LogP contribution in [-0.4, -0.2) is 34.7 Å². The molecule has 1 aliphatic rings. The molecule has 2 aromatic carbocycles. The first-order valence-corrected chi connectivity index (χ1v) is 9.88.